The van der Waals surface area contributed by atoms with Crippen LogP contribution in [-0.2, 0) is 19.1 Å². The SMILES string of the molecule is CCCCC(CC)COC(=O)C(C#N)(C#N)C1(OC(=O)C(C#N)C#N)C=C(c2ccccc2)CC1. The van der Waals surface area contributed by atoms with Gasteiger partial charge in [0.1, 0.15) is 12.1 Å². The van der Waals surface area contributed by atoms with Crippen molar-refractivity contribution in [2.45, 2.75) is 58.0 Å². The van der Waals surface area contributed by atoms with Crippen LogP contribution in [0.5, 0.6) is 0 Å². The molecule has 8 nitrogen and oxygen atoms in total. The van der Waals surface area contributed by atoms with Crippen molar-refractivity contribution < 1.29 is 19.1 Å². The summed E-state index contributed by atoms with van der Waals surface area (Å²) in [7, 11) is 0. The maximum absolute atomic E-state index is 13.3. The predicted octanol–water partition coefficient (Wildman–Crippen LogP) is 4.60. The molecule has 0 saturated heterocycles. The Morgan fingerprint density at radius 2 is 1.74 bits per heavy atom. The Morgan fingerprint density at radius 1 is 1.09 bits per heavy atom. The van der Waals surface area contributed by atoms with Gasteiger partial charge in [-0.3, -0.25) is 0 Å². The van der Waals surface area contributed by atoms with E-state index in [4.69, 9.17) is 20.0 Å². The van der Waals surface area contributed by atoms with Gasteiger partial charge < -0.3 is 9.47 Å². The number of carbonyl (C=O) groups is 2. The molecule has 2 atom stereocenters. The smallest absolute Gasteiger partial charge is 0.345 e. The van der Waals surface area contributed by atoms with Gasteiger partial charge >= 0.3 is 11.9 Å². The Bertz CT molecular complexity index is 1090. The summed E-state index contributed by atoms with van der Waals surface area (Å²) in [6.45, 7) is 4.05. The van der Waals surface area contributed by atoms with Gasteiger partial charge in [0.25, 0.3) is 5.41 Å². The highest BCUT2D eigenvalue weighted by atomic mass is 16.6. The van der Waals surface area contributed by atoms with E-state index in [-0.39, 0.29) is 18.9 Å². The summed E-state index contributed by atoms with van der Waals surface area (Å²) in [5, 5.41) is 38.6. The summed E-state index contributed by atoms with van der Waals surface area (Å²) < 4.78 is 11.0. The normalized spacial score (nSPS) is 17.7. The predicted molar refractivity (Wildman–Crippen MR) is 125 cm³/mol. The molecule has 0 saturated carbocycles. The maximum Gasteiger partial charge on any atom is 0.345 e. The van der Waals surface area contributed by atoms with Gasteiger partial charge in [0.05, 0.1) is 18.7 Å². The second kappa shape index (κ2) is 12.4. The number of ether oxygens (including phenoxy) is 2. The van der Waals surface area contributed by atoms with E-state index in [0.29, 0.717) is 12.0 Å². The monoisotopic (exact) mass is 472 g/mol. The minimum absolute atomic E-state index is 0.0265. The van der Waals surface area contributed by atoms with Gasteiger partial charge in [-0.15, -0.1) is 0 Å². The summed E-state index contributed by atoms with van der Waals surface area (Å²) in [4.78, 5) is 26.0. The highest BCUT2D eigenvalue weighted by molar-refractivity contribution is 5.89. The molecule has 0 bridgehead atoms. The van der Waals surface area contributed by atoms with E-state index in [1.807, 2.05) is 25.1 Å². The molecule has 1 aromatic rings. The van der Waals surface area contributed by atoms with Crippen molar-refractivity contribution >= 4 is 17.5 Å². The van der Waals surface area contributed by atoms with Crippen molar-refractivity contribution in [2.75, 3.05) is 6.61 Å². The number of nitriles is 4. The minimum atomic E-state index is -2.52. The van der Waals surface area contributed by atoms with Gasteiger partial charge in [0, 0.05) is 0 Å². The topological polar surface area (TPSA) is 148 Å². The maximum atomic E-state index is 13.3. The highest BCUT2D eigenvalue weighted by Gasteiger charge is 2.63. The molecule has 1 aromatic carbocycles. The molecule has 8 heteroatoms. The second-order valence-electron chi connectivity index (χ2n) is 8.53. The second-order valence-corrected chi connectivity index (χ2v) is 8.53. The molecule has 0 spiro atoms. The average Bonchev–Trinajstić information content (AvgIpc) is 3.31. The molecule has 1 aliphatic rings. The Kier molecular flexibility index (Phi) is 9.57. The molecule has 180 valence electrons. The molecule has 35 heavy (non-hydrogen) atoms. The Morgan fingerprint density at radius 3 is 2.29 bits per heavy atom. The third-order valence-corrected chi connectivity index (χ3v) is 6.36. The lowest BCUT2D eigenvalue weighted by molar-refractivity contribution is -0.174. The Labute approximate surface area is 206 Å². The highest BCUT2D eigenvalue weighted by Crippen LogP contribution is 2.48. The van der Waals surface area contributed by atoms with Crippen molar-refractivity contribution in [3.8, 4) is 24.3 Å². The van der Waals surface area contributed by atoms with Crippen LogP contribution in [0.4, 0.5) is 0 Å². The summed E-state index contributed by atoms with van der Waals surface area (Å²) in [5.74, 6) is -4.04. The molecule has 1 aliphatic carbocycles. The van der Waals surface area contributed by atoms with Gasteiger partial charge in [-0.2, -0.15) is 21.0 Å². The average molecular weight is 473 g/mol. The van der Waals surface area contributed by atoms with Gasteiger partial charge in [-0.25, -0.2) is 9.59 Å². The lowest BCUT2D eigenvalue weighted by Gasteiger charge is -2.36. The van der Waals surface area contributed by atoms with Gasteiger partial charge in [0.2, 0.25) is 5.92 Å². The van der Waals surface area contributed by atoms with Crippen LogP contribution in [0.2, 0.25) is 0 Å². The molecule has 0 aromatic heterocycles. The van der Waals surface area contributed by atoms with Crippen LogP contribution in [-0.4, -0.2) is 24.1 Å². The van der Waals surface area contributed by atoms with Crippen molar-refractivity contribution in [1.82, 2.24) is 0 Å². The van der Waals surface area contributed by atoms with E-state index in [9.17, 15) is 20.1 Å². The van der Waals surface area contributed by atoms with E-state index in [1.165, 1.54) is 18.2 Å². The molecule has 0 aliphatic heterocycles. The Hall–Kier alpha value is -4.14. The third kappa shape index (κ3) is 5.68. The summed E-state index contributed by atoms with van der Waals surface area (Å²) in [5.41, 5.74) is -3.10. The molecule has 0 heterocycles. The summed E-state index contributed by atoms with van der Waals surface area (Å²) in [6, 6.07) is 15.7. The zero-order chi connectivity index (χ0) is 25.9. The van der Waals surface area contributed by atoms with E-state index in [0.717, 1.165) is 31.2 Å². The summed E-state index contributed by atoms with van der Waals surface area (Å²) in [6.07, 6.45) is 5.18. The largest absolute Gasteiger partial charge is 0.463 e. The van der Waals surface area contributed by atoms with E-state index >= 15 is 0 Å². The van der Waals surface area contributed by atoms with Crippen LogP contribution in [0.15, 0.2) is 36.4 Å². The van der Waals surface area contributed by atoms with Crippen molar-refractivity contribution in [3.05, 3.63) is 42.0 Å². The first-order chi connectivity index (χ1) is 16.9. The first kappa shape index (κ1) is 27.1. The van der Waals surface area contributed by atoms with Crippen LogP contribution < -0.4 is 0 Å². The lowest BCUT2D eigenvalue weighted by atomic mass is 9.73. The first-order valence-electron chi connectivity index (χ1n) is 11.7. The van der Waals surface area contributed by atoms with Crippen LogP contribution in [0.1, 0.15) is 57.9 Å². The van der Waals surface area contributed by atoms with Crippen molar-refractivity contribution in [3.63, 3.8) is 0 Å². The molecule has 0 amide bonds. The quantitative estimate of drug-likeness (QED) is 0.424. The van der Waals surface area contributed by atoms with Crippen LogP contribution in [0.25, 0.3) is 5.57 Å². The molecule has 0 N–H and O–H groups in total. The molecular formula is C27H28N4O4. The number of hydrogen-bond donors (Lipinski definition) is 0. The minimum Gasteiger partial charge on any atom is -0.463 e. The fourth-order valence-electron chi connectivity index (χ4n) is 4.13. The lowest BCUT2D eigenvalue weighted by Crippen LogP contribution is -2.53. The van der Waals surface area contributed by atoms with Gasteiger partial charge in [-0.05, 0) is 42.4 Å². The van der Waals surface area contributed by atoms with Gasteiger partial charge in [0.15, 0.2) is 5.60 Å². The van der Waals surface area contributed by atoms with Crippen LogP contribution in [0, 0.1) is 62.6 Å². The van der Waals surface area contributed by atoms with Crippen molar-refractivity contribution in [1.29, 1.82) is 21.0 Å². The van der Waals surface area contributed by atoms with E-state index < -0.39 is 28.9 Å². The van der Waals surface area contributed by atoms with Crippen molar-refractivity contribution in [2.24, 2.45) is 17.3 Å². The summed E-state index contributed by atoms with van der Waals surface area (Å²) >= 11 is 0. The molecular weight excluding hydrogens is 444 g/mol. The number of esters is 2. The standard InChI is InChI=1S/C27H28N4O4/c1-3-5-9-20(4-2)17-34-25(33)26(18-30,19-31)27(35-24(32)23(15-28)16-29)13-12-22(14-27)21-10-7-6-8-11-21/h6-8,10-11,14,20,23H,3-5,9,12-13,17H2,1-2H3. The zero-order valence-corrected chi connectivity index (χ0v) is 20.0. The number of carbonyl (C=O) groups excluding carboxylic acids is 2. The molecule has 0 radical (unpaired) electrons. The zero-order valence-electron chi connectivity index (χ0n) is 20.0. The number of hydrogen-bond acceptors (Lipinski definition) is 8. The molecule has 2 rings (SSSR count). The Balaban J connectivity index is 2.52. The van der Waals surface area contributed by atoms with Crippen LogP contribution in [0.3, 0.4) is 0 Å². The van der Waals surface area contributed by atoms with E-state index in [1.54, 1.807) is 24.3 Å². The molecule has 0 fully saturated rings. The number of rotatable bonds is 11. The number of allylic oxidation sites excluding steroid dienone is 1. The number of unbranched alkanes of at least 4 members (excludes halogenated alkanes) is 1. The number of nitrogens with zero attached hydrogens (tertiary/aromatic N) is 4. The third-order valence-electron chi connectivity index (χ3n) is 6.36. The molecule has 2 unspecified atom stereocenters. The van der Waals surface area contributed by atoms with E-state index in [2.05, 4.69) is 6.92 Å². The first-order valence-corrected chi connectivity index (χ1v) is 11.7. The number of benzene rings is 1. The fraction of sp³-hybridized carbons (Fsp3) is 0.481. The van der Waals surface area contributed by atoms with Gasteiger partial charge in [-0.1, -0.05) is 63.4 Å². The van der Waals surface area contributed by atoms with Crippen LogP contribution >= 0.6 is 0 Å². The fourth-order valence-corrected chi connectivity index (χ4v) is 4.13.